The van der Waals surface area contributed by atoms with Gasteiger partial charge in [-0.15, -0.1) is 0 Å². The van der Waals surface area contributed by atoms with E-state index in [4.69, 9.17) is 4.74 Å². The summed E-state index contributed by atoms with van der Waals surface area (Å²) in [5, 5.41) is 3.53. The molecule has 4 heteroatoms. The van der Waals surface area contributed by atoms with Crippen molar-refractivity contribution in [3.8, 4) is 0 Å². The highest BCUT2D eigenvalue weighted by Crippen LogP contribution is 2.16. The van der Waals surface area contributed by atoms with Gasteiger partial charge in [-0.1, -0.05) is 0 Å². The van der Waals surface area contributed by atoms with Crippen molar-refractivity contribution in [2.45, 2.75) is 38.8 Å². The summed E-state index contributed by atoms with van der Waals surface area (Å²) in [5.41, 5.74) is 1.07. The molecule has 0 bridgehead atoms. The minimum Gasteiger partial charge on any atom is -0.377 e. The lowest BCUT2D eigenvalue weighted by atomic mass is 10.1. The zero-order chi connectivity index (χ0) is 14.4. The predicted molar refractivity (Wildman–Crippen MR) is 80.7 cm³/mol. The van der Waals surface area contributed by atoms with Gasteiger partial charge in [0.1, 0.15) is 5.82 Å². The van der Waals surface area contributed by atoms with Gasteiger partial charge < -0.3 is 15.0 Å². The van der Waals surface area contributed by atoms with E-state index in [0.29, 0.717) is 12.1 Å². The smallest absolute Gasteiger partial charge is 0.123 e. The van der Waals surface area contributed by atoms with Gasteiger partial charge in [0.25, 0.3) is 0 Å². The van der Waals surface area contributed by atoms with Crippen molar-refractivity contribution in [2.24, 2.45) is 0 Å². The second kappa shape index (κ2) is 7.60. The van der Waals surface area contributed by atoms with Crippen LogP contribution in [0.2, 0.25) is 0 Å². The van der Waals surface area contributed by atoms with Gasteiger partial charge in [-0.25, -0.2) is 4.39 Å². The Morgan fingerprint density at radius 2 is 2.15 bits per heavy atom. The van der Waals surface area contributed by atoms with Crippen LogP contribution in [0.5, 0.6) is 0 Å². The fourth-order valence-electron chi connectivity index (χ4n) is 2.68. The van der Waals surface area contributed by atoms with Crippen LogP contribution < -0.4 is 10.2 Å². The molecule has 0 saturated carbocycles. The number of nitrogens with zero attached hydrogens (tertiary/aromatic N) is 1. The fraction of sp³-hybridized carbons (Fsp3) is 0.625. The predicted octanol–water partition coefficient (Wildman–Crippen LogP) is 2.81. The molecule has 112 valence electrons. The summed E-state index contributed by atoms with van der Waals surface area (Å²) in [4.78, 5) is 2.24. The van der Waals surface area contributed by atoms with Crippen molar-refractivity contribution in [1.82, 2.24) is 5.32 Å². The van der Waals surface area contributed by atoms with Gasteiger partial charge in [0.2, 0.25) is 0 Å². The molecule has 1 N–H and O–H groups in total. The van der Waals surface area contributed by atoms with Gasteiger partial charge in [-0.05, 0) is 51.0 Å². The van der Waals surface area contributed by atoms with E-state index in [1.54, 1.807) is 0 Å². The van der Waals surface area contributed by atoms with Gasteiger partial charge in [-0.2, -0.15) is 0 Å². The third-order valence-corrected chi connectivity index (χ3v) is 3.94. The zero-order valence-electron chi connectivity index (χ0n) is 12.4. The molecule has 0 aromatic heterocycles. The average Bonchev–Trinajstić information content (AvgIpc) is 2.99. The number of anilines is 1. The molecule has 1 saturated heterocycles. The van der Waals surface area contributed by atoms with Gasteiger partial charge in [0.05, 0.1) is 6.10 Å². The maximum Gasteiger partial charge on any atom is 0.123 e. The third kappa shape index (κ3) is 4.18. The maximum absolute atomic E-state index is 12.9. The lowest BCUT2D eigenvalue weighted by Crippen LogP contribution is -2.41. The van der Waals surface area contributed by atoms with Crippen molar-refractivity contribution in [2.75, 3.05) is 31.1 Å². The van der Waals surface area contributed by atoms with Crippen molar-refractivity contribution in [3.63, 3.8) is 0 Å². The van der Waals surface area contributed by atoms with Crippen LogP contribution in [-0.2, 0) is 4.74 Å². The van der Waals surface area contributed by atoms with Crippen molar-refractivity contribution < 1.29 is 9.13 Å². The van der Waals surface area contributed by atoms with Gasteiger partial charge in [0, 0.05) is 38.0 Å². The number of nitrogens with one attached hydrogen (secondary N) is 1. The molecule has 1 aromatic carbocycles. The van der Waals surface area contributed by atoms with Gasteiger partial charge >= 0.3 is 0 Å². The average molecular weight is 280 g/mol. The molecular weight excluding hydrogens is 255 g/mol. The van der Waals surface area contributed by atoms with E-state index < -0.39 is 0 Å². The number of benzene rings is 1. The minimum atomic E-state index is -0.185. The molecule has 1 aromatic rings. The molecule has 1 aliphatic rings. The second-order valence-corrected chi connectivity index (χ2v) is 5.35. The summed E-state index contributed by atoms with van der Waals surface area (Å²) in [6, 6.07) is 7.09. The Bertz CT molecular complexity index is 390. The molecule has 1 aliphatic heterocycles. The summed E-state index contributed by atoms with van der Waals surface area (Å²) in [5.74, 6) is -0.185. The molecule has 1 heterocycles. The molecule has 20 heavy (non-hydrogen) atoms. The minimum absolute atomic E-state index is 0.185. The number of hydrogen-bond acceptors (Lipinski definition) is 3. The van der Waals surface area contributed by atoms with Gasteiger partial charge in [-0.3, -0.25) is 0 Å². The Labute approximate surface area is 121 Å². The number of likely N-dealkylation sites (N-methyl/N-ethyl adjacent to an activating group) is 1. The van der Waals surface area contributed by atoms with E-state index >= 15 is 0 Å². The van der Waals surface area contributed by atoms with Crippen LogP contribution in [0.15, 0.2) is 24.3 Å². The van der Waals surface area contributed by atoms with E-state index in [9.17, 15) is 4.39 Å². The Balaban J connectivity index is 1.77. The Hall–Kier alpha value is -1.13. The Kier molecular flexibility index (Phi) is 5.80. The normalized spacial score (nSPS) is 20.1. The number of halogens is 1. The van der Waals surface area contributed by atoms with Crippen LogP contribution >= 0.6 is 0 Å². The first-order chi connectivity index (χ1) is 9.70. The molecule has 0 radical (unpaired) electrons. The van der Waals surface area contributed by atoms with E-state index in [1.165, 1.54) is 18.6 Å². The van der Waals surface area contributed by atoms with Crippen LogP contribution in [0.4, 0.5) is 10.1 Å². The number of hydrogen-bond donors (Lipinski definition) is 1. The summed E-state index contributed by atoms with van der Waals surface area (Å²) in [7, 11) is 0. The highest BCUT2D eigenvalue weighted by atomic mass is 19.1. The topological polar surface area (TPSA) is 24.5 Å². The number of ether oxygens (including phenoxy) is 1. The van der Waals surface area contributed by atoms with Crippen molar-refractivity contribution in [3.05, 3.63) is 30.1 Å². The molecular formula is C16H25FN2O. The number of rotatable bonds is 7. The fourth-order valence-corrected chi connectivity index (χ4v) is 2.68. The zero-order valence-corrected chi connectivity index (χ0v) is 12.4. The molecule has 0 aliphatic carbocycles. The van der Waals surface area contributed by atoms with Crippen LogP contribution in [-0.4, -0.2) is 38.4 Å². The van der Waals surface area contributed by atoms with E-state index in [-0.39, 0.29) is 5.82 Å². The van der Waals surface area contributed by atoms with Crippen molar-refractivity contribution in [1.29, 1.82) is 0 Å². The monoisotopic (exact) mass is 280 g/mol. The van der Waals surface area contributed by atoms with E-state index in [0.717, 1.165) is 38.3 Å². The van der Waals surface area contributed by atoms with Crippen LogP contribution in [0.3, 0.4) is 0 Å². The highest BCUT2D eigenvalue weighted by Gasteiger charge is 2.21. The van der Waals surface area contributed by atoms with Gasteiger partial charge in [0.15, 0.2) is 0 Å². The molecule has 2 rings (SSSR count). The lowest BCUT2D eigenvalue weighted by Gasteiger charge is -2.26. The summed E-state index contributed by atoms with van der Waals surface area (Å²) in [6.45, 7) is 7.94. The Morgan fingerprint density at radius 1 is 1.40 bits per heavy atom. The SMILES string of the molecule is CCN(CCNC(C)C1CCCO1)c1ccc(F)cc1. The largest absolute Gasteiger partial charge is 0.377 e. The first-order valence-corrected chi connectivity index (χ1v) is 7.56. The standard InChI is InChI=1S/C16H25FN2O/c1-3-19(15-8-6-14(17)7-9-15)11-10-18-13(2)16-5-4-12-20-16/h6-9,13,16,18H,3-5,10-12H2,1-2H3. The first kappa shape index (κ1) is 15.3. The molecule has 0 amide bonds. The molecule has 2 unspecified atom stereocenters. The van der Waals surface area contributed by atoms with E-state index in [2.05, 4.69) is 24.1 Å². The third-order valence-electron chi connectivity index (χ3n) is 3.94. The summed E-state index contributed by atoms with van der Waals surface area (Å²) in [6.07, 6.45) is 2.69. The molecule has 2 atom stereocenters. The molecule has 3 nitrogen and oxygen atoms in total. The quantitative estimate of drug-likeness (QED) is 0.831. The van der Waals surface area contributed by atoms with Crippen LogP contribution in [0.25, 0.3) is 0 Å². The Morgan fingerprint density at radius 3 is 2.75 bits per heavy atom. The first-order valence-electron chi connectivity index (χ1n) is 7.56. The lowest BCUT2D eigenvalue weighted by molar-refractivity contribution is 0.0841. The maximum atomic E-state index is 12.9. The summed E-state index contributed by atoms with van der Waals surface area (Å²) < 4.78 is 18.6. The highest BCUT2D eigenvalue weighted by molar-refractivity contribution is 5.46. The second-order valence-electron chi connectivity index (χ2n) is 5.35. The molecule has 0 spiro atoms. The van der Waals surface area contributed by atoms with Crippen molar-refractivity contribution >= 4 is 5.69 Å². The summed E-state index contributed by atoms with van der Waals surface area (Å²) >= 11 is 0. The molecule has 1 fully saturated rings. The van der Waals surface area contributed by atoms with Crippen LogP contribution in [0.1, 0.15) is 26.7 Å². The van der Waals surface area contributed by atoms with Crippen LogP contribution in [0, 0.1) is 5.82 Å². The van der Waals surface area contributed by atoms with E-state index in [1.807, 2.05) is 12.1 Å².